The normalized spacial score (nSPS) is 12.2. The molecule has 0 aliphatic rings. The summed E-state index contributed by atoms with van der Waals surface area (Å²) in [4.78, 5) is 0. The lowest BCUT2D eigenvalue weighted by molar-refractivity contribution is 0.0871. The van der Waals surface area contributed by atoms with Crippen LogP contribution in [0.1, 0.15) is 37.9 Å². The molecule has 2 rings (SSSR count). The Bertz CT molecular complexity index is 571. The number of rotatable bonds is 6. The Morgan fingerprint density at radius 1 is 1.11 bits per heavy atom. The average Bonchev–Trinajstić information content (AvgIpc) is 2.47. The summed E-state index contributed by atoms with van der Waals surface area (Å²) in [6.45, 7) is 2.81. The van der Waals surface area contributed by atoms with Crippen molar-refractivity contribution in [3.63, 3.8) is 0 Å². The lowest BCUT2D eigenvalue weighted by Crippen LogP contribution is -2.03. The van der Waals surface area contributed by atoms with Crippen LogP contribution < -0.4 is 0 Å². The number of nitriles is 1. The maximum Gasteiger partial charge on any atom is 0.169 e. The van der Waals surface area contributed by atoms with E-state index in [0.29, 0.717) is 6.61 Å². The van der Waals surface area contributed by atoms with Crippen molar-refractivity contribution in [2.24, 2.45) is 0 Å². The highest BCUT2D eigenvalue weighted by Gasteiger charge is 2.10. The molecule has 0 amide bonds. The fourth-order valence-electron chi connectivity index (χ4n) is 2.13. The van der Waals surface area contributed by atoms with Gasteiger partial charge in [-0.05, 0) is 28.8 Å². The Morgan fingerprint density at radius 2 is 1.89 bits per heavy atom. The van der Waals surface area contributed by atoms with Crippen LogP contribution in [0.4, 0.5) is 0 Å². The molecule has 0 saturated heterocycles. The van der Waals surface area contributed by atoms with Crippen LogP contribution in [0.3, 0.4) is 0 Å². The standard InChI is InChI=1S/C17H19NO/c1-2-3-6-11-19-17(13-18)16-10-9-14-7-4-5-8-15(14)12-16/h4-5,7-10,12,17H,2-3,6,11H2,1H3/t17-/m1/s1. The molecule has 0 N–H and O–H groups in total. The van der Waals surface area contributed by atoms with Gasteiger partial charge in [0.1, 0.15) is 0 Å². The van der Waals surface area contributed by atoms with Gasteiger partial charge in [0.15, 0.2) is 6.10 Å². The molecule has 0 unspecified atom stereocenters. The van der Waals surface area contributed by atoms with Crippen LogP contribution in [0.25, 0.3) is 10.8 Å². The first kappa shape index (κ1) is 13.6. The average molecular weight is 253 g/mol. The van der Waals surface area contributed by atoms with Crippen molar-refractivity contribution in [1.29, 1.82) is 5.26 Å². The molecule has 0 fully saturated rings. The molecule has 2 aromatic rings. The zero-order valence-corrected chi connectivity index (χ0v) is 11.3. The topological polar surface area (TPSA) is 33.0 Å². The van der Waals surface area contributed by atoms with Crippen LogP contribution in [0.2, 0.25) is 0 Å². The molecule has 0 aliphatic heterocycles. The Morgan fingerprint density at radius 3 is 2.63 bits per heavy atom. The van der Waals surface area contributed by atoms with Gasteiger partial charge in [-0.25, -0.2) is 0 Å². The predicted molar refractivity (Wildman–Crippen MR) is 77.8 cm³/mol. The second kappa shape index (κ2) is 6.92. The summed E-state index contributed by atoms with van der Waals surface area (Å²) in [5.41, 5.74) is 0.942. The third-order valence-electron chi connectivity index (χ3n) is 3.23. The van der Waals surface area contributed by atoms with E-state index in [2.05, 4.69) is 25.1 Å². The van der Waals surface area contributed by atoms with Crippen molar-refractivity contribution in [2.75, 3.05) is 6.61 Å². The third-order valence-corrected chi connectivity index (χ3v) is 3.23. The van der Waals surface area contributed by atoms with Crippen molar-refractivity contribution in [1.82, 2.24) is 0 Å². The number of hydrogen-bond donors (Lipinski definition) is 0. The van der Waals surface area contributed by atoms with Gasteiger partial charge in [0.25, 0.3) is 0 Å². The Balaban J connectivity index is 2.10. The third kappa shape index (κ3) is 3.56. The number of benzene rings is 2. The maximum atomic E-state index is 9.23. The number of hydrogen-bond acceptors (Lipinski definition) is 2. The minimum Gasteiger partial charge on any atom is -0.359 e. The van der Waals surface area contributed by atoms with Crippen LogP contribution in [-0.2, 0) is 4.74 Å². The monoisotopic (exact) mass is 253 g/mol. The van der Waals surface area contributed by atoms with E-state index in [1.54, 1.807) is 0 Å². The van der Waals surface area contributed by atoms with Gasteiger partial charge in [-0.15, -0.1) is 0 Å². The molecule has 19 heavy (non-hydrogen) atoms. The van der Waals surface area contributed by atoms with Crippen molar-refractivity contribution in [3.8, 4) is 6.07 Å². The first-order chi connectivity index (χ1) is 9.35. The molecule has 0 bridgehead atoms. The summed E-state index contributed by atoms with van der Waals surface area (Å²) >= 11 is 0. The summed E-state index contributed by atoms with van der Waals surface area (Å²) in [7, 11) is 0. The van der Waals surface area contributed by atoms with E-state index in [1.165, 1.54) is 5.39 Å². The molecule has 98 valence electrons. The summed E-state index contributed by atoms with van der Waals surface area (Å²) < 4.78 is 5.67. The van der Waals surface area contributed by atoms with Crippen molar-refractivity contribution < 1.29 is 4.74 Å². The zero-order valence-electron chi connectivity index (χ0n) is 11.3. The van der Waals surface area contributed by atoms with Gasteiger partial charge in [-0.3, -0.25) is 0 Å². The number of nitrogens with zero attached hydrogens (tertiary/aromatic N) is 1. The Hall–Kier alpha value is -1.85. The number of unbranched alkanes of at least 4 members (excludes halogenated alkanes) is 2. The summed E-state index contributed by atoms with van der Waals surface area (Å²) in [5, 5.41) is 11.6. The molecule has 1 atom stereocenters. The minimum absolute atomic E-state index is 0.457. The molecule has 0 heterocycles. The molecule has 0 saturated carbocycles. The van der Waals surface area contributed by atoms with Crippen LogP contribution in [0, 0.1) is 11.3 Å². The van der Waals surface area contributed by atoms with Gasteiger partial charge in [-0.2, -0.15) is 5.26 Å². The SMILES string of the molecule is CCCCCO[C@H](C#N)c1ccc2ccccc2c1. The van der Waals surface area contributed by atoms with Gasteiger partial charge in [0.2, 0.25) is 0 Å². The van der Waals surface area contributed by atoms with E-state index in [-0.39, 0.29) is 0 Å². The van der Waals surface area contributed by atoms with Gasteiger partial charge in [0.05, 0.1) is 6.07 Å². The molecule has 2 heteroatoms. The highest BCUT2D eigenvalue weighted by atomic mass is 16.5. The Kier molecular flexibility index (Phi) is 4.94. The summed E-state index contributed by atoms with van der Waals surface area (Å²) in [6, 6.07) is 16.5. The molecule has 0 radical (unpaired) electrons. The first-order valence-electron chi connectivity index (χ1n) is 6.85. The van der Waals surface area contributed by atoms with E-state index in [0.717, 1.165) is 30.2 Å². The van der Waals surface area contributed by atoms with E-state index >= 15 is 0 Å². The smallest absolute Gasteiger partial charge is 0.169 e. The van der Waals surface area contributed by atoms with Crippen molar-refractivity contribution >= 4 is 10.8 Å². The summed E-state index contributed by atoms with van der Waals surface area (Å²) in [5.74, 6) is 0. The quantitative estimate of drug-likeness (QED) is 0.704. The molecule has 2 aromatic carbocycles. The molecule has 0 aliphatic carbocycles. The Labute approximate surface area is 114 Å². The largest absolute Gasteiger partial charge is 0.359 e. The van der Waals surface area contributed by atoms with E-state index in [1.807, 2.05) is 30.3 Å². The maximum absolute atomic E-state index is 9.23. The van der Waals surface area contributed by atoms with Crippen LogP contribution in [-0.4, -0.2) is 6.61 Å². The second-order valence-electron chi connectivity index (χ2n) is 4.69. The van der Waals surface area contributed by atoms with E-state index < -0.39 is 6.10 Å². The number of fused-ring (bicyclic) bond motifs is 1. The van der Waals surface area contributed by atoms with Crippen LogP contribution in [0.15, 0.2) is 42.5 Å². The van der Waals surface area contributed by atoms with Crippen molar-refractivity contribution in [2.45, 2.75) is 32.3 Å². The van der Waals surface area contributed by atoms with E-state index in [4.69, 9.17) is 4.74 Å². The van der Waals surface area contributed by atoms with Crippen molar-refractivity contribution in [3.05, 3.63) is 48.0 Å². The minimum atomic E-state index is -0.457. The van der Waals surface area contributed by atoms with Gasteiger partial charge in [-0.1, -0.05) is 56.2 Å². The van der Waals surface area contributed by atoms with Gasteiger partial charge >= 0.3 is 0 Å². The highest BCUT2D eigenvalue weighted by Crippen LogP contribution is 2.22. The molecule has 0 aromatic heterocycles. The van der Waals surface area contributed by atoms with Gasteiger partial charge in [0, 0.05) is 6.61 Å². The van der Waals surface area contributed by atoms with Gasteiger partial charge < -0.3 is 4.74 Å². The van der Waals surface area contributed by atoms with Crippen LogP contribution in [0.5, 0.6) is 0 Å². The predicted octanol–water partition coefficient (Wildman–Crippen LogP) is 4.61. The fourth-order valence-corrected chi connectivity index (χ4v) is 2.13. The molecular weight excluding hydrogens is 234 g/mol. The first-order valence-corrected chi connectivity index (χ1v) is 6.85. The van der Waals surface area contributed by atoms with E-state index in [9.17, 15) is 5.26 Å². The molecule has 0 spiro atoms. The number of ether oxygens (including phenoxy) is 1. The lowest BCUT2D eigenvalue weighted by atomic mass is 10.0. The zero-order chi connectivity index (χ0) is 13.5. The molecular formula is C17H19NO. The summed E-state index contributed by atoms with van der Waals surface area (Å²) in [6.07, 6.45) is 2.87. The fraction of sp³-hybridized carbons (Fsp3) is 0.353. The second-order valence-corrected chi connectivity index (χ2v) is 4.69. The van der Waals surface area contributed by atoms with Crippen LogP contribution >= 0.6 is 0 Å². The molecule has 2 nitrogen and oxygen atoms in total. The lowest BCUT2D eigenvalue weighted by Gasteiger charge is -2.11. The highest BCUT2D eigenvalue weighted by molar-refractivity contribution is 5.83.